The van der Waals surface area contributed by atoms with Gasteiger partial charge >= 0.3 is 0 Å². The largest absolute Gasteiger partial charge is 0.370 e. The first-order valence-corrected chi connectivity index (χ1v) is 13.1. The second-order valence-corrected chi connectivity index (χ2v) is 11.4. The van der Waals surface area contributed by atoms with Gasteiger partial charge in [0.25, 0.3) is 5.91 Å². The minimum absolute atomic E-state index is 0.0454. The van der Waals surface area contributed by atoms with Gasteiger partial charge < -0.3 is 19.6 Å². The second kappa shape index (κ2) is 8.17. The molecule has 1 amide bonds. The minimum atomic E-state index is -0.158. The van der Waals surface area contributed by atoms with E-state index in [2.05, 4.69) is 66.6 Å². The summed E-state index contributed by atoms with van der Waals surface area (Å²) in [5, 5.41) is 0. The lowest BCUT2D eigenvalue weighted by Gasteiger charge is -2.55. The fourth-order valence-corrected chi connectivity index (χ4v) is 6.28. The van der Waals surface area contributed by atoms with E-state index in [-0.39, 0.29) is 28.9 Å². The van der Waals surface area contributed by atoms with E-state index >= 15 is 0 Å². The van der Waals surface area contributed by atoms with Crippen molar-refractivity contribution < 1.29 is 9.53 Å². The Bertz CT molecular complexity index is 1460. The molecule has 0 unspecified atom stereocenters. The van der Waals surface area contributed by atoms with Gasteiger partial charge in [-0.1, -0.05) is 27.7 Å². The first-order valence-electron chi connectivity index (χ1n) is 13.1. The van der Waals surface area contributed by atoms with Gasteiger partial charge in [0.2, 0.25) is 0 Å². The van der Waals surface area contributed by atoms with Gasteiger partial charge in [0.15, 0.2) is 0 Å². The number of benzene rings is 2. The van der Waals surface area contributed by atoms with Gasteiger partial charge in [0.1, 0.15) is 11.9 Å². The second-order valence-electron chi connectivity index (χ2n) is 11.4. The Balaban J connectivity index is 1.40. The number of carbonyl (C=O) groups excluding carboxylic acids is 1. The minimum Gasteiger partial charge on any atom is -0.370 e. The fourth-order valence-electron chi connectivity index (χ4n) is 6.28. The molecule has 6 rings (SSSR count). The van der Waals surface area contributed by atoms with Crippen molar-refractivity contribution >= 4 is 28.0 Å². The molecule has 3 heterocycles. The Hall–Kier alpha value is -3.19. The molecule has 188 valence electrons. The number of ether oxygens (including phenoxy) is 1. The van der Waals surface area contributed by atoms with Crippen LogP contribution in [0.3, 0.4) is 0 Å². The molecule has 7 nitrogen and oxygen atoms in total. The number of nitrogens with zero attached hydrogens (tertiary/aromatic N) is 3. The van der Waals surface area contributed by atoms with E-state index in [0.717, 1.165) is 53.8 Å². The zero-order valence-corrected chi connectivity index (χ0v) is 21.8. The third-order valence-electron chi connectivity index (χ3n) is 9.14. The molecule has 2 aliphatic rings. The molecule has 4 aromatic rings. The molecule has 1 saturated heterocycles. The van der Waals surface area contributed by atoms with E-state index in [1.54, 1.807) is 6.33 Å². The smallest absolute Gasteiger partial charge is 0.254 e. The van der Waals surface area contributed by atoms with Crippen LogP contribution in [0.4, 0.5) is 0 Å². The topological polar surface area (TPSA) is 86.9 Å². The number of rotatable bonds is 4. The molecule has 1 aliphatic heterocycles. The summed E-state index contributed by atoms with van der Waals surface area (Å²) >= 11 is 0. The van der Waals surface area contributed by atoms with E-state index in [0.29, 0.717) is 12.1 Å². The molecule has 2 N–H and O–H groups in total. The van der Waals surface area contributed by atoms with Crippen molar-refractivity contribution in [1.29, 1.82) is 0 Å². The summed E-state index contributed by atoms with van der Waals surface area (Å²) in [4.78, 5) is 31.8. The predicted octanol–water partition coefficient (Wildman–Crippen LogP) is 5.68. The SMILES string of the molecule is CCN(C(=O)c1ccc2nc[nH]c2c1)[C@@H]1Cc2cc3nc([C@@H]4CCCO4)[nH]c3cc2C(C)(C)C1(C)C. The normalized spacial score (nSPS) is 22.7. The van der Waals surface area contributed by atoms with Crippen LogP contribution in [-0.4, -0.2) is 49.9 Å². The van der Waals surface area contributed by atoms with E-state index in [4.69, 9.17) is 9.72 Å². The number of fused-ring (bicyclic) bond motifs is 3. The van der Waals surface area contributed by atoms with Crippen molar-refractivity contribution in [2.75, 3.05) is 13.2 Å². The summed E-state index contributed by atoms with van der Waals surface area (Å²) in [6.07, 6.45) is 4.62. The molecule has 0 spiro atoms. The lowest BCUT2D eigenvalue weighted by Crippen LogP contribution is -2.58. The lowest BCUT2D eigenvalue weighted by atomic mass is 9.55. The molecule has 36 heavy (non-hydrogen) atoms. The molecule has 0 bridgehead atoms. The number of carbonyl (C=O) groups is 1. The van der Waals surface area contributed by atoms with Gasteiger partial charge in [-0.3, -0.25) is 4.79 Å². The highest BCUT2D eigenvalue weighted by Gasteiger charge is 2.51. The van der Waals surface area contributed by atoms with Crippen molar-refractivity contribution in [3.05, 3.63) is 59.2 Å². The van der Waals surface area contributed by atoms with Crippen LogP contribution in [0, 0.1) is 5.41 Å². The van der Waals surface area contributed by atoms with Crippen molar-refractivity contribution in [3.63, 3.8) is 0 Å². The number of aromatic nitrogens is 4. The van der Waals surface area contributed by atoms with Crippen molar-refractivity contribution in [3.8, 4) is 0 Å². The monoisotopic (exact) mass is 485 g/mol. The van der Waals surface area contributed by atoms with Crippen LogP contribution in [0.25, 0.3) is 22.1 Å². The number of hydrogen-bond acceptors (Lipinski definition) is 4. The van der Waals surface area contributed by atoms with Crippen LogP contribution in [0.5, 0.6) is 0 Å². The van der Waals surface area contributed by atoms with E-state index < -0.39 is 0 Å². The molecule has 7 heteroatoms. The van der Waals surface area contributed by atoms with Gasteiger partial charge in [-0.15, -0.1) is 0 Å². The molecule has 1 fully saturated rings. The average Bonchev–Trinajstić information content (AvgIpc) is 3.61. The van der Waals surface area contributed by atoms with Crippen LogP contribution in [0.1, 0.15) is 80.9 Å². The van der Waals surface area contributed by atoms with Gasteiger partial charge in [-0.2, -0.15) is 0 Å². The average molecular weight is 486 g/mol. The highest BCUT2D eigenvalue weighted by molar-refractivity contribution is 5.97. The Morgan fingerprint density at radius 1 is 1.14 bits per heavy atom. The molecule has 2 atom stereocenters. The maximum Gasteiger partial charge on any atom is 0.254 e. The van der Waals surface area contributed by atoms with Crippen molar-refractivity contribution in [2.24, 2.45) is 5.41 Å². The van der Waals surface area contributed by atoms with E-state index in [9.17, 15) is 4.79 Å². The fraction of sp³-hybridized carbons (Fsp3) is 0.483. The quantitative estimate of drug-likeness (QED) is 0.389. The molecule has 0 saturated carbocycles. The first-order chi connectivity index (χ1) is 17.2. The standard InChI is InChI=1S/C29H35N5O2/c1-6-34(27(35)17-9-10-20-21(12-17)31-16-30-20)25-14-18-13-22-23(15-19(18)28(2,3)29(25,4)5)33-26(32-22)24-8-7-11-36-24/h9-10,12-13,15-16,24-25H,6-8,11,14H2,1-5H3,(H,30,31)(H,32,33)/t24-,25+/m0/s1. The van der Waals surface area contributed by atoms with Crippen LogP contribution in [0.2, 0.25) is 0 Å². The van der Waals surface area contributed by atoms with Gasteiger partial charge in [0.05, 0.1) is 28.4 Å². The first kappa shape index (κ1) is 23.2. The zero-order chi connectivity index (χ0) is 25.2. The number of likely N-dealkylation sites (N-methyl/N-ethyl adjacent to an activating group) is 1. The number of hydrogen-bond donors (Lipinski definition) is 2. The Kier molecular flexibility index (Phi) is 5.27. The van der Waals surface area contributed by atoms with Gasteiger partial charge in [-0.05, 0) is 78.5 Å². The zero-order valence-electron chi connectivity index (χ0n) is 21.8. The Morgan fingerprint density at radius 2 is 1.97 bits per heavy atom. The molecular formula is C29H35N5O2. The predicted molar refractivity (Wildman–Crippen MR) is 141 cm³/mol. The summed E-state index contributed by atoms with van der Waals surface area (Å²) < 4.78 is 5.88. The van der Waals surface area contributed by atoms with Gasteiger partial charge in [-0.25, -0.2) is 9.97 Å². The Morgan fingerprint density at radius 3 is 2.72 bits per heavy atom. The maximum atomic E-state index is 13.9. The number of imidazole rings is 2. The summed E-state index contributed by atoms with van der Waals surface area (Å²) in [6.45, 7) is 12.8. The molecule has 1 aliphatic carbocycles. The third kappa shape index (κ3) is 3.39. The lowest BCUT2D eigenvalue weighted by molar-refractivity contribution is 0.0215. The molecular weight excluding hydrogens is 450 g/mol. The number of amides is 1. The highest BCUT2D eigenvalue weighted by Crippen LogP contribution is 2.52. The van der Waals surface area contributed by atoms with Crippen LogP contribution in [0.15, 0.2) is 36.7 Å². The highest BCUT2D eigenvalue weighted by atomic mass is 16.5. The molecule has 2 aromatic heterocycles. The number of aromatic amines is 2. The van der Waals surface area contributed by atoms with Crippen molar-refractivity contribution in [1.82, 2.24) is 24.8 Å². The van der Waals surface area contributed by atoms with E-state index in [1.807, 2.05) is 18.2 Å². The summed E-state index contributed by atoms with van der Waals surface area (Å²) in [6, 6.07) is 10.3. The van der Waals surface area contributed by atoms with Crippen LogP contribution in [-0.2, 0) is 16.6 Å². The van der Waals surface area contributed by atoms with E-state index in [1.165, 1.54) is 11.1 Å². The van der Waals surface area contributed by atoms with Crippen LogP contribution < -0.4 is 0 Å². The van der Waals surface area contributed by atoms with Gasteiger partial charge in [0, 0.05) is 24.8 Å². The maximum absolute atomic E-state index is 13.9. The number of nitrogens with one attached hydrogen (secondary N) is 2. The third-order valence-corrected chi connectivity index (χ3v) is 9.14. The Labute approximate surface area is 211 Å². The summed E-state index contributed by atoms with van der Waals surface area (Å²) in [5.74, 6) is 0.992. The summed E-state index contributed by atoms with van der Waals surface area (Å²) in [7, 11) is 0. The summed E-state index contributed by atoms with van der Waals surface area (Å²) in [5.41, 5.74) is 6.78. The number of H-pyrrole nitrogens is 2. The van der Waals surface area contributed by atoms with Crippen LogP contribution >= 0.6 is 0 Å². The molecule has 2 aromatic carbocycles. The van der Waals surface area contributed by atoms with Crippen molar-refractivity contribution in [2.45, 2.75) is 71.4 Å². The molecule has 0 radical (unpaired) electrons.